The van der Waals surface area contributed by atoms with Crippen LogP contribution in [-0.4, -0.2) is 84.7 Å². The number of rotatable bonds is 5. The Morgan fingerprint density at radius 3 is 2.37 bits per heavy atom. The topological polar surface area (TPSA) is 217 Å². The molecule has 4 unspecified atom stereocenters. The van der Waals surface area contributed by atoms with E-state index in [-0.39, 0.29) is 49.1 Å². The lowest BCUT2D eigenvalue weighted by atomic mass is 9.71. The lowest BCUT2D eigenvalue weighted by molar-refractivity contribution is -0.247. The van der Waals surface area contributed by atoms with Gasteiger partial charge in [0.2, 0.25) is 0 Å². The fourth-order valence-electron chi connectivity index (χ4n) is 5.81. The minimum absolute atomic E-state index is 0. The molecule has 2 aliphatic carbocycles. The number of benzene rings is 2. The van der Waals surface area contributed by atoms with Crippen LogP contribution in [0, 0.1) is 0 Å². The fourth-order valence-corrected chi connectivity index (χ4v) is 5.81. The summed E-state index contributed by atoms with van der Waals surface area (Å²) in [5.41, 5.74) is 2.35. The highest BCUT2D eigenvalue weighted by molar-refractivity contribution is 6.31. The zero-order valence-electron chi connectivity index (χ0n) is 21.0. The summed E-state index contributed by atoms with van der Waals surface area (Å²) in [6.07, 6.45) is -5.21. The van der Waals surface area contributed by atoms with Crippen LogP contribution < -0.4 is 5.73 Å². The molecule has 12 heteroatoms. The van der Waals surface area contributed by atoms with E-state index in [1.807, 2.05) is 0 Å². The van der Waals surface area contributed by atoms with Gasteiger partial charge in [-0.1, -0.05) is 33.1 Å². The van der Waals surface area contributed by atoms with Crippen LogP contribution in [0.25, 0.3) is 0 Å². The van der Waals surface area contributed by atoms with Gasteiger partial charge in [-0.2, -0.15) is 0 Å². The van der Waals surface area contributed by atoms with Crippen LogP contribution in [0.3, 0.4) is 0 Å². The molecule has 0 amide bonds. The molecule has 41 heavy (non-hydrogen) atoms. The maximum atomic E-state index is 13.6. The van der Waals surface area contributed by atoms with Gasteiger partial charge in [-0.3, -0.25) is 14.4 Å². The van der Waals surface area contributed by atoms with Crippen molar-refractivity contribution in [2.24, 2.45) is 5.73 Å². The quantitative estimate of drug-likeness (QED) is 0.210. The highest BCUT2D eigenvalue weighted by Gasteiger charge is 2.50. The van der Waals surface area contributed by atoms with Crippen LogP contribution in [0.5, 0.6) is 11.5 Å². The van der Waals surface area contributed by atoms with Crippen LogP contribution >= 0.6 is 0 Å². The molecule has 1 saturated heterocycles. The molecule has 2 aromatic carbocycles. The van der Waals surface area contributed by atoms with Crippen molar-refractivity contribution >= 4 is 17.3 Å². The first-order chi connectivity index (χ1) is 18.4. The van der Waals surface area contributed by atoms with E-state index in [4.69, 9.17) is 15.2 Å². The first kappa shape index (κ1) is 32.3. The molecule has 6 atom stereocenters. The fraction of sp³-hybridized carbons (Fsp3) is 0.483. The summed E-state index contributed by atoms with van der Waals surface area (Å²) in [4.78, 5) is 39.7. The van der Waals surface area contributed by atoms with Gasteiger partial charge in [0.15, 0.2) is 23.6 Å². The zero-order valence-corrected chi connectivity index (χ0v) is 21.0. The smallest absolute Gasteiger partial charge is 0.198 e. The average molecular weight is 576 g/mol. The van der Waals surface area contributed by atoms with Crippen molar-refractivity contribution in [3.05, 3.63) is 57.1 Å². The van der Waals surface area contributed by atoms with E-state index in [0.717, 1.165) is 0 Å². The number of ether oxygens (including phenoxy) is 2. The minimum atomic E-state index is -2.25. The summed E-state index contributed by atoms with van der Waals surface area (Å²) >= 11 is 0. The van der Waals surface area contributed by atoms with Crippen molar-refractivity contribution in [3.63, 3.8) is 0 Å². The SMILES string of the molecule is C.C.CC1OC(O[C@H]2C[C@](O)(C(=O)CO)Cc3c(O)c4c(c(O)c32)C(=O)c2c(CO)cccc2C4=O)CC(N)C1O. The van der Waals surface area contributed by atoms with Gasteiger partial charge >= 0.3 is 0 Å². The molecule has 12 nitrogen and oxygen atoms in total. The summed E-state index contributed by atoms with van der Waals surface area (Å²) in [5, 5.41) is 63.4. The van der Waals surface area contributed by atoms with E-state index in [9.17, 15) is 45.0 Å². The summed E-state index contributed by atoms with van der Waals surface area (Å²) in [5.74, 6) is -4.00. The third-order valence-corrected chi connectivity index (χ3v) is 7.88. The molecular formula is C29H37NO11. The molecular weight excluding hydrogens is 538 g/mol. The molecule has 0 saturated carbocycles. The number of phenolic OH excluding ortho intramolecular Hbond substituents is 2. The van der Waals surface area contributed by atoms with Crippen LogP contribution in [-0.2, 0) is 27.3 Å². The van der Waals surface area contributed by atoms with E-state index in [1.165, 1.54) is 18.2 Å². The monoisotopic (exact) mass is 575 g/mol. The number of nitrogens with two attached hydrogens (primary N) is 1. The van der Waals surface area contributed by atoms with Gasteiger partial charge in [0.05, 0.1) is 36.0 Å². The third-order valence-electron chi connectivity index (χ3n) is 7.88. The van der Waals surface area contributed by atoms with Crippen molar-refractivity contribution in [1.29, 1.82) is 0 Å². The van der Waals surface area contributed by atoms with E-state index < -0.39 is 102 Å². The number of carbonyl (C=O) groups is 3. The van der Waals surface area contributed by atoms with Crippen LogP contribution in [0.2, 0.25) is 0 Å². The first-order valence-corrected chi connectivity index (χ1v) is 12.5. The first-order valence-electron chi connectivity index (χ1n) is 12.5. The van der Waals surface area contributed by atoms with Crippen molar-refractivity contribution < 1.29 is 54.5 Å². The molecule has 3 aliphatic rings. The lowest BCUT2D eigenvalue weighted by Crippen LogP contribution is -2.53. The Bertz CT molecular complexity index is 1380. The maximum absolute atomic E-state index is 13.6. The van der Waals surface area contributed by atoms with Crippen molar-refractivity contribution in [3.8, 4) is 11.5 Å². The molecule has 1 aliphatic heterocycles. The van der Waals surface area contributed by atoms with Crippen LogP contribution in [0.1, 0.15) is 89.3 Å². The molecule has 5 rings (SSSR count). The predicted octanol–water partition coefficient (Wildman–Crippen LogP) is 0.757. The average Bonchev–Trinajstić information content (AvgIpc) is 2.90. The van der Waals surface area contributed by atoms with E-state index in [1.54, 1.807) is 6.92 Å². The second kappa shape index (κ2) is 11.6. The lowest BCUT2D eigenvalue weighted by Gasteiger charge is -2.42. The van der Waals surface area contributed by atoms with E-state index in [2.05, 4.69) is 0 Å². The van der Waals surface area contributed by atoms with Gasteiger partial charge in [0.1, 0.15) is 23.7 Å². The molecule has 0 aromatic heterocycles. The van der Waals surface area contributed by atoms with Crippen molar-refractivity contribution in [2.75, 3.05) is 6.61 Å². The summed E-state index contributed by atoms with van der Waals surface area (Å²) in [7, 11) is 0. The predicted molar refractivity (Wildman–Crippen MR) is 145 cm³/mol. The number of hydrogen-bond acceptors (Lipinski definition) is 12. The Hall–Kier alpha value is -3.23. The number of fused-ring (bicyclic) bond motifs is 3. The highest BCUT2D eigenvalue weighted by atomic mass is 16.7. The van der Waals surface area contributed by atoms with Gasteiger partial charge in [0, 0.05) is 47.6 Å². The van der Waals surface area contributed by atoms with E-state index in [0.29, 0.717) is 0 Å². The number of phenols is 2. The Labute approximate surface area is 237 Å². The standard InChI is InChI=1S/C27H29NO11.2CH4/c1-10-22(32)14(28)5-17(38-10)39-15-7-27(37,16(31)9-30)6-13-19(15)26(36)21-20(24(13)34)23(33)12-4-2-3-11(8-29)18(12)25(21)35;;/h2-4,10,14-15,17,22,29-30,32,34,36-37H,5-9,28H2,1H3;2*1H4/t10?,14?,15-,17?,22?,27-;;/m0../s1. The van der Waals surface area contributed by atoms with Gasteiger partial charge in [-0.15, -0.1) is 0 Å². The molecule has 224 valence electrons. The number of carbonyl (C=O) groups excluding carboxylic acids is 3. The number of aliphatic hydroxyl groups is 4. The number of hydrogen-bond donors (Lipinski definition) is 7. The van der Waals surface area contributed by atoms with Gasteiger partial charge in [-0.25, -0.2) is 0 Å². The third kappa shape index (κ3) is 4.95. The zero-order chi connectivity index (χ0) is 28.4. The Balaban J connectivity index is 0.00000231. The van der Waals surface area contributed by atoms with Crippen molar-refractivity contribution in [2.45, 2.75) is 83.9 Å². The van der Waals surface area contributed by atoms with E-state index >= 15 is 0 Å². The Morgan fingerprint density at radius 1 is 1.10 bits per heavy atom. The summed E-state index contributed by atoms with van der Waals surface area (Å²) in [6, 6.07) is 3.53. The maximum Gasteiger partial charge on any atom is 0.198 e. The molecule has 1 fully saturated rings. The number of ketones is 3. The summed E-state index contributed by atoms with van der Waals surface area (Å²) in [6.45, 7) is -0.0137. The second-order valence-corrected chi connectivity index (χ2v) is 10.3. The molecule has 0 bridgehead atoms. The normalized spacial score (nSPS) is 28.5. The van der Waals surface area contributed by atoms with Gasteiger partial charge < -0.3 is 45.8 Å². The molecule has 0 radical (unpaired) electrons. The minimum Gasteiger partial charge on any atom is -0.507 e. The van der Waals surface area contributed by atoms with Crippen LogP contribution in [0.4, 0.5) is 0 Å². The molecule has 0 spiro atoms. The van der Waals surface area contributed by atoms with Crippen LogP contribution in [0.15, 0.2) is 18.2 Å². The molecule has 8 N–H and O–H groups in total. The number of aliphatic hydroxyl groups excluding tert-OH is 3. The Morgan fingerprint density at radius 2 is 1.76 bits per heavy atom. The molecule has 1 heterocycles. The van der Waals surface area contributed by atoms with Crippen molar-refractivity contribution in [1.82, 2.24) is 0 Å². The van der Waals surface area contributed by atoms with Gasteiger partial charge in [-0.05, 0) is 12.5 Å². The summed E-state index contributed by atoms with van der Waals surface area (Å²) < 4.78 is 11.7. The number of Topliss-reactive ketones (excluding diaryl/α,β-unsaturated/α-hetero) is 1. The largest absolute Gasteiger partial charge is 0.507 e. The highest BCUT2D eigenvalue weighted by Crippen LogP contribution is 2.52. The second-order valence-electron chi connectivity index (χ2n) is 10.3. The van der Waals surface area contributed by atoms with Gasteiger partial charge in [0.25, 0.3) is 0 Å². The number of aromatic hydroxyl groups is 2. The molecule has 2 aromatic rings. The Kier molecular flexibility index (Phi) is 9.11.